The van der Waals surface area contributed by atoms with E-state index in [1.165, 1.54) is 11.1 Å². The fraction of sp³-hybridized carbons (Fsp3) is 0.333. The summed E-state index contributed by atoms with van der Waals surface area (Å²) in [5.41, 5.74) is 10.4. The zero-order valence-corrected chi connectivity index (χ0v) is 11.4. The molecule has 0 radical (unpaired) electrons. The van der Waals surface area contributed by atoms with Crippen LogP contribution in [0.1, 0.15) is 29.7 Å². The van der Waals surface area contributed by atoms with E-state index in [-0.39, 0.29) is 6.04 Å². The number of pyridine rings is 2. The average molecular weight is 256 g/mol. The van der Waals surface area contributed by atoms with Crippen molar-refractivity contribution in [2.75, 3.05) is 12.8 Å². The van der Waals surface area contributed by atoms with Gasteiger partial charge in [-0.2, -0.15) is 0 Å². The highest BCUT2D eigenvalue weighted by Gasteiger charge is 2.14. The Morgan fingerprint density at radius 2 is 1.84 bits per heavy atom. The van der Waals surface area contributed by atoms with Gasteiger partial charge in [0.15, 0.2) is 0 Å². The van der Waals surface area contributed by atoms with Crippen molar-refractivity contribution in [1.82, 2.24) is 15.3 Å². The molecule has 0 amide bonds. The third-order valence-electron chi connectivity index (χ3n) is 3.41. The minimum Gasteiger partial charge on any atom is -0.398 e. The van der Waals surface area contributed by atoms with E-state index >= 15 is 0 Å². The van der Waals surface area contributed by atoms with Crippen LogP contribution >= 0.6 is 0 Å². The first-order valence-corrected chi connectivity index (χ1v) is 6.54. The second-order valence-electron chi connectivity index (χ2n) is 4.55. The number of nitrogens with zero attached hydrogens (tertiary/aromatic N) is 2. The van der Waals surface area contributed by atoms with Gasteiger partial charge in [0.05, 0.1) is 0 Å². The number of hydrogen-bond donors (Lipinski definition) is 2. The van der Waals surface area contributed by atoms with Crippen LogP contribution in [0, 0.1) is 0 Å². The van der Waals surface area contributed by atoms with Crippen molar-refractivity contribution in [1.29, 1.82) is 0 Å². The van der Waals surface area contributed by atoms with Crippen LogP contribution in [-0.4, -0.2) is 17.0 Å². The highest BCUT2D eigenvalue weighted by molar-refractivity contribution is 5.45. The highest BCUT2D eigenvalue weighted by atomic mass is 14.9. The molecule has 2 aromatic heterocycles. The van der Waals surface area contributed by atoms with E-state index in [1.54, 1.807) is 6.20 Å². The Bertz CT molecular complexity index is 539. The number of nitrogens with two attached hydrogens (primary N) is 1. The third-order valence-corrected chi connectivity index (χ3v) is 3.41. The lowest BCUT2D eigenvalue weighted by Gasteiger charge is -2.20. The molecular formula is C15H20N4. The summed E-state index contributed by atoms with van der Waals surface area (Å²) >= 11 is 0. The second-order valence-corrected chi connectivity index (χ2v) is 4.55. The molecule has 0 bridgehead atoms. The van der Waals surface area contributed by atoms with Crippen molar-refractivity contribution in [3.63, 3.8) is 0 Å². The smallest absolute Gasteiger partial charge is 0.0378 e. The molecule has 0 spiro atoms. The number of likely N-dealkylation sites (N-methyl/N-ethyl adjacent to an activating group) is 1. The lowest BCUT2D eigenvalue weighted by Crippen LogP contribution is -2.21. The van der Waals surface area contributed by atoms with Crippen LogP contribution in [0.4, 0.5) is 5.69 Å². The van der Waals surface area contributed by atoms with Gasteiger partial charge in [-0.3, -0.25) is 9.97 Å². The third kappa shape index (κ3) is 3.09. The first-order valence-electron chi connectivity index (χ1n) is 6.54. The van der Waals surface area contributed by atoms with Crippen molar-refractivity contribution in [2.24, 2.45) is 0 Å². The van der Waals surface area contributed by atoms with E-state index in [0.29, 0.717) is 0 Å². The Morgan fingerprint density at radius 3 is 2.47 bits per heavy atom. The molecule has 2 aromatic rings. The predicted molar refractivity (Wildman–Crippen MR) is 77.8 cm³/mol. The van der Waals surface area contributed by atoms with Crippen LogP contribution in [0.15, 0.2) is 36.9 Å². The lowest BCUT2D eigenvalue weighted by molar-refractivity contribution is 0.585. The van der Waals surface area contributed by atoms with E-state index in [2.05, 4.69) is 28.3 Å². The van der Waals surface area contributed by atoms with Gasteiger partial charge in [-0.05, 0) is 48.7 Å². The molecule has 0 saturated heterocycles. The summed E-state index contributed by atoms with van der Waals surface area (Å²) in [5.74, 6) is 0. The maximum Gasteiger partial charge on any atom is 0.0378 e. The zero-order valence-electron chi connectivity index (χ0n) is 11.4. The molecule has 100 valence electrons. The molecule has 19 heavy (non-hydrogen) atoms. The zero-order chi connectivity index (χ0) is 13.7. The molecule has 2 heterocycles. The summed E-state index contributed by atoms with van der Waals surface area (Å²) in [7, 11) is 1.97. The van der Waals surface area contributed by atoms with Gasteiger partial charge >= 0.3 is 0 Å². The van der Waals surface area contributed by atoms with Gasteiger partial charge in [-0.15, -0.1) is 0 Å². The second kappa shape index (κ2) is 6.29. The number of hydrogen-bond acceptors (Lipinski definition) is 4. The van der Waals surface area contributed by atoms with Crippen molar-refractivity contribution < 1.29 is 0 Å². The Balaban J connectivity index is 2.28. The largest absolute Gasteiger partial charge is 0.398 e. The maximum atomic E-state index is 5.99. The Kier molecular flexibility index (Phi) is 4.47. The molecule has 0 fully saturated rings. The summed E-state index contributed by atoms with van der Waals surface area (Å²) in [6, 6.07) is 4.14. The summed E-state index contributed by atoms with van der Waals surface area (Å²) in [5, 5.41) is 3.36. The van der Waals surface area contributed by atoms with Crippen LogP contribution in [-0.2, 0) is 12.8 Å². The average Bonchev–Trinajstić information content (AvgIpc) is 2.46. The van der Waals surface area contributed by atoms with Gasteiger partial charge in [0, 0.05) is 36.5 Å². The number of aryl methyl sites for hydroxylation is 1. The lowest BCUT2D eigenvalue weighted by atomic mass is 9.95. The quantitative estimate of drug-likeness (QED) is 0.860. The SMILES string of the molecule is CCc1cnccc1C(Cc1cnccc1N)NC. The van der Waals surface area contributed by atoms with Crippen LogP contribution in [0.2, 0.25) is 0 Å². The molecule has 1 unspecified atom stereocenters. The summed E-state index contributed by atoms with van der Waals surface area (Å²) < 4.78 is 0. The van der Waals surface area contributed by atoms with Gasteiger partial charge in [0.2, 0.25) is 0 Å². The van der Waals surface area contributed by atoms with Crippen LogP contribution < -0.4 is 11.1 Å². The van der Waals surface area contributed by atoms with Crippen molar-refractivity contribution in [2.45, 2.75) is 25.8 Å². The van der Waals surface area contributed by atoms with Gasteiger partial charge in [-0.25, -0.2) is 0 Å². The van der Waals surface area contributed by atoms with Crippen LogP contribution in [0.3, 0.4) is 0 Å². The van der Waals surface area contributed by atoms with Crippen LogP contribution in [0.25, 0.3) is 0 Å². The fourth-order valence-corrected chi connectivity index (χ4v) is 2.27. The molecule has 0 aliphatic heterocycles. The molecule has 3 N–H and O–H groups in total. The number of rotatable bonds is 5. The number of anilines is 1. The molecule has 1 atom stereocenters. The van der Waals surface area contributed by atoms with Crippen molar-refractivity contribution in [3.05, 3.63) is 53.6 Å². The Labute approximate surface area is 114 Å². The molecule has 0 aliphatic rings. The van der Waals surface area contributed by atoms with E-state index in [9.17, 15) is 0 Å². The van der Waals surface area contributed by atoms with E-state index in [0.717, 1.165) is 24.1 Å². The standard InChI is InChI=1S/C15H20N4/c1-3-11-9-18-6-4-13(11)15(17-2)8-12-10-19-7-5-14(12)16/h4-7,9-10,15,17H,3,8H2,1-2H3,(H2,16,19). The summed E-state index contributed by atoms with van der Waals surface area (Å²) in [4.78, 5) is 8.34. The van der Waals surface area contributed by atoms with Gasteiger partial charge in [-0.1, -0.05) is 6.92 Å². The first-order chi connectivity index (χ1) is 9.26. The van der Waals surface area contributed by atoms with Gasteiger partial charge in [0.1, 0.15) is 0 Å². The molecule has 0 saturated carbocycles. The van der Waals surface area contributed by atoms with E-state index < -0.39 is 0 Å². The Hall–Kier alpha value is -1.94. The Morgan fingerprint density at radius 1 is 1.16 bits per heavy atom. The predicted octanol–water partition coefficient (Wildman–Crippen LogP) is 2.12. The summed E-state index contributed by atoms with van der Waals surface area (Å²) in [6.07, 6.45) is 9.14. The molecule has 0 aromatic carbocycles. The van der Waals surface area contributed by atoms with E-state index in [4.69, 9.17) is 5.73 Å². The first kappa shape index (κ1) is 13.5. The molecular weight excluding hydrogens is 236 g/mol. The number of nitrogens with one attached hydrogen (secondary N) is 1. The maximum absolute atomic E-state index is 5.99. The molecule has 4 nitrogen and oxygen atoms in total. The van der Waals surface area contributed by atoms with Crippen LogP contribution in [0.5, 0.6) is 0 Å². The minimum atomic E-state index is 0.226. The van der Waals surface area contributed by atoms with E-state index in [1.807, 2.05) is 31.7 Å². The molecule has 4 heteroatoms. The van der Waals surface area contributed by atoms with Crippen molar-refractivity contribution >= 4 is 5.69 Å². The number of nitrogen functional groups attached to an aromatic ring is 1. The highest BCUT2D eigenvalue weighted by Crippen LogP contribution is 2.23. The minimum absolute atomic E-state index is 0.226. The monoisotopic (exact) mass is 256 g/mol. The normalized spacial score (nSPS) is 12.3. The number of aromatic nitrogens is 2. The molecule has 0 aliphatic carbocycles. The summed E-state index contributed by atoms with van der Waals surface area (Å²) in [6.45, 7) is 2.14. The topological polar surface area (TPSA) is 63.8 Å². The molecule has 2 rings (SSSR count). The van der Waals surface area contributed by atoms with Crippen molar-refractivity contribution in [3.8, 4) is 0 Å². The van der Waals surface area contributed by atoms with Gasteiger partial charge < -0.3 is 11.1 Å². The van der Waals surface area contributed by atoms with Gasteiger partial charge in [0.25, 0.3) is 0 Å². The fourth-order valence-electron chi connectivity index (χ4n) is 2.27.